The van der Waals surface area contributed by atoms with Crippen LogP contribution in [0.15, 0.2) is 18.2 Å². The van der Waals surface area contributed by atoms with Crippen molar-refractivity contribution in [1.29, 1.82) is 0 Å². The minimum atomic E-state index is -0.0404. The van der Waals surface area contributed by atoms with E-state index in [1.807, 2.05) is 20.2 Å². The van der Waals surface area contributed by atoms with Gasteiger partial charge in [-0.05, 0) is 30.9 Å². The van der Waals surface area contributed by atoms with Crippen molar-refractivity contribution in [3.63, 3.8) is 0 Å². The molecule has 1 saturated heterocycles. The van der Waals surface area contributed by atoms with Gasteiger partial charge in [-0.2, -0.15) is 0 Å². The third kappa shape index (κ3) is 2.59. The Balaban J connectivity index is 2.38. The Morgan fingerprint density at radius 1 is 1.47 bits per heavy atom. The van der Waals surface area contributed by atoms with Crippen LogP contribution in [0.2, 0.25) is 0 Å². The highest BCUT2D eigenvalue weighted by Crippen LogP contribution is 2.32. The van der Waals surface area contributed by atoms with Crippen molar-refractivity contribution in [2.24, 2.45) is 5.73 Å². The molecule has 0 aliphatic carbocycles. The lowest BCUT2D eigenvalue weighted by atomic mass is 10.1. The molecule has 1 fully saturated rings. The quantitative estimate of drug-likeness (QED) is 0.897. The first-order valence-electron chi connectivity index (χ1n) is 6.82. The van der Waals surface area contributed by atoms with Crippen LogP contribution < -0.4 is 10.6 Å². The van der Waals surface area contributed by atoms with Gasteiger partial charge in [0.1, 0.15) is 6.04 Å². The number of nitrogens with zero attached hydrogens (tertiary/aromatic N) is 2. The Labute approximate surface area is 115 Å². The maximum absolute atomic E-state index is 12.3. The lowest BCUT2D eigenvalue weighted by molar-refractivity contribution is -0.129. The monoisotopic (exact) mass is 261 g/mol. The molecule has 0 saturated carbocycles. The van der Waals surface area contributed by atoms with E-state index in [2.05, 4.69) is 24.0 Å². The minimum absolute atomic E-state index is 0.0404. The van der Waals surface area contributed by atoms with E-state index in [9.17, 15) is 4.79 Å². The van der Waals surface area contributed by atoms with E-state index in [4.69, 9.17) is 5.73 Å². The number of aryl methyl sites for hydroxylation is 1. The number of amides is 1. The van der Waals surface area contributed by atoms with Crippen LogP contribution in [0.3, 0.4) is 0 Å². The molecule has 104 valence electrons. The summed E-state index contributed by atoms with van der Waals surface area (Å²) in [6.45, 7) is 3.53. The first-order chi connectivity index (χ1) is 9.06. The van der Waals surface area contributed by atoms with Crippen molar-refractivity contribution < 1.29 is 4.79 Å². The fourth-order valence-corrected chi connectivity index (χ4v) is 2.88. The normalized spacial score (nSPS) is 18.7. The van der Waals surface area contributed by atoms with Crippen molar-refractivity contribution >= 4 is 11.6 Å². The van der Waals surface area contributed by atoms with Crippen molar-refractivity contribution in [1.82, 2.24) is 4.90 Å². The standard InChI is InChI=1S/C15H23N3O/c1-11-6-4-7-12(10-16)14(11)18-9-5-8-13(18)15(19)17(2)3/h4,6-7,13H,5,8-10,16H2,1-3H3. The molecule has 2 rings (SSSR count). The molecule has 4 nitrogen and oxygen atoms in total. The first-order valence-corrected chi connectivity index (χ1v) is 6.82. The van der Waals surface area contributed by atoms with Gasteiger partial charge in [-0.1, -0.05) is 18.2 Å². The molecule has 1 heterocycles. The lowest BCUT2D eigenvalue weighted by Crippen LogP contribution is -2.43. The Morgan fingerprint density at radius 2 is 2.21 bits per heavy atom. The van der Waals surface area contributed by atoms with Crippen molar-refractivity contribution in [2.75, 3.05) is 25.5 Å². The second-order valence-electron chi connectivity index (χ2n) is 5.37. The third-order valence-corrected chi connectivity index (χ3v) is 3.81. The number of rotatable bonds is 3. The summed E-state index contributed by atoms with van der Waals surface area (Å²) in [5, 5.41) is 0. The smallest absolute Gasteiger partial charge is 0.244 e. The molecular formula is C15H23N3O. The molecule has 0 bridgehead atoms. The highest BCUT2D eigenvalue weighted by molar-refractivity contribution is 5.86. The fourth-order valence-electron chi connectivity index (χ4n) is 2.88. The number of carbonyl (C=O) groups excluding carboxylic acids is 1. The molecule has 0 spiro atoms. The Morgan fingerprint density at radius 3 is 2.84 bits per heavy atom. The van der Waals surface area contributed by atoms with E-state index >= 15 is 0 Å². The summed E-state index contributed by atoms with van der Waals surface area (Å²) in [6, 6.07) is 6.13. The number of anilines is 1. The van der Waals surface area contributed by atoms with E-state index < -0.39 is 0 Å². The number of likely N-dealkylation sites (N-methyl/N-ethyl adjacent to an activating group) is 1. The van der Waals surface area contributed by atoms with Crippen LogP contribution in [0.5, 0.6) is 0 Å². The second-order valence-corrected chi connectivity index (χ2v) is 5.37. The zero-order valence-corrected chi connectivity index (χ0v) is 12.0. The van der Waals surface area contributed by atoms with Crippen LogP contribution in [-0.4, -0.2) is 37.5 Å². The molecule has 0 radical (unpaired) electrons. The molecular weight excluding hydrogens is 238 g/mol. The van der Waals surface area contributed by atoms with Gasteiger partial charge in [-0.15, -0.1) is 0 Å². The molecule has 1 aromatic carbocycles. The SMILES string of the molecule is Cc1cccc(CN)c1N1CCCC1C(=O)N(C)C. The van der Waals surface area contributed by atoms with Crippen LogP contribution in [0.25, 0.3) is 0 Å². The van der Waals surface area contributed by atoms with E-state index in [0.29, 0.717) is 6.54 Å². The first kappa shape index (κ1) is 13.9. The topological polar surface area (TPSA) is 49.6 Å². The molecule has 19 heavy (non-hydrogen) atoms. The summed E-state index contributed by atoms with van der Waals surface area (Å²) in [6.07, 6.45) is 1.98. The van der Waals surface area contributed by atoms with E-state index in [0.717, 1.165) is 30.6 Å². The van der Waals surface area contributed by atoms with Gasteiger partial charge in [-0.25, -0.2) is 0 Å². The summed E-state index contributed by atoms with van der Waals surface area (Å²) in [7, 11) is 3.64. The van der Waals surface area contributed by atoms with Gasteiger partial charge in [0.2, 0.25) is 5.91 Å². The Hall–Kier alpha value is -1.55. The molecule has 1 aromatic rings. The number of benzene rings is 1. The van der Waals surface area contributed by atoms with Crippen LogP contribution in [-0.2, 0) is 11.3 Å². The van der Waals surface area contributed by atoms with Gasteiger partial charge in [0.05, 0.1) is 0 Å². The van der Waals surface area contributed by atoms with Gasteiger partial charge in [0.25, 0.3) is 0 Å². The summed E-state index contributed by atoms with van der Waals surface area (Å²) in [5.74, 6) is 0.184. The van der Waals surface area contributed by atoms with Gasteiger partial charge in [-0.3, -0.25) is 4.79 Å². The zero-order valence-electron chi connectivity index (χ0n) is 12.0. The van der Waals surface area contributed by atoms with Gasteiger partial charge in [0, 0.05) is 32.9 Å². The van der Waals surface area contributed by atoms with E-state index in [1.165, 1.54) is 5.56 Å². The predicted molar refractivity (Wildman–Crippen MR) is 78.1 cm³/mol. The molecule has 2 N–H and O–H groups in total. The summed E-state index contributed by atoms with van der Waals surface area (Å²) in [5.41, 5.74) is 9.32. The van der Waals surface area contributed by atoms with Crippen molar-refractivity contribution in [2.45, 2.75) is 32.4 Å². The summed E-state index contributed by atoms with van der Waals surface area (Å²) >= 11 is 0. The van der Waals surface area contributed by atoms with Crippen LogP contribution in [0.1, 0.15) is 24.0 Å². The minimum Gasteiger partial charge on any atom is -0.359 e. The van der Waals surface area contributed by atoms with Gasteiger partial charge >= 0.3 is 0 Å². The van der Waals surface area contributed by atoms with E-state index in [1.54, 1.807) is 4.90 Å². The predicted octanol–water partition coefficient (Wildman–Crippen LogP) is 1.51. The van der Waals surface area contributed by atoms with Crippen molar-refractivity contribution in [3.05, 3.63) is 29.3 Å². The highest BCUT2D eigenvalue weighted by atomic mass is 16.2. The average molecular weight is 261 g/mol. The average Bonchev–Trinajstić information content (AvgIpc) is 2.85. The number of hydrogen-bond acceptors (Lipinski definition) is 3. The molecule has 1 amide bonds. The molecule has 1 atom stereocenters. The molecule has 4 heteroatoms. The maximum Gasteiger partial charge on any atom is 0.244 e. The van der Waals surface area contributed by atoms with Gasteiger partial charge in [0.15, 0.2) is 0 Å². The van der Waals surface area contributed by atoms with Crippen LogP contribution in [0.4, 0.5) is 5.69 Å². The van der Waals surface area contributed by atoms with Crippen LogP contribution in [0, 0.1) is 6.92 Å². The molecule has 1 aliphatic rings. The molecule has 1 aliphatic heterocycles. The highest BCUT2D eigenvalue weighted by Gasteiger charge is 2.33. The van der Waals surface area contributed by atoms with E-state index in [-0.39, 0.29) is 11.9 Å². The lowest BCUT2D eigenvalue weighted by Gasteiger charge is -2.31. The fraction of sp³-hybridized carbons (Fsp3) is 0.533. The summed E-state index contributed by atoms with van der Waals surface area (Å²) < 4.78 is 0. The molecule has 1 unspecified atom stereocenters. The zero-order chi connectivity index (χ0) is 14.0. The number of para-hydroxylation sites is 1. The molecule has 0 aromatic heterocycles. The second kappa shape index (κ2) is 5.61. The van der Waals surface area contributed by atoms with Crippen molar-refractivity contribution in [3.8, 4) is 0 Å². The van der Waals surface area contributed by atoms with Crippen LogP contribution >= 0.6 is 0 Å². The number of carbonyl (C=O) groups is 1. The third-order valence-electron chi connectivity index (χ3n) is 3.81. The maximum atomic E-state index is 12.3. The van der Waals surface area contributed by atoms with Gasteiger partial charge < -0.3 is 15.5 Å². The number of hydrogen-bond donors (Lipinski definition) is 1. The summed E-state index contributed by atoms with van der Waals surface area (Å²) in [4.78, 5) is 16.2. The Bertz CT molecular complexity index is 470. The largest absolute Gasteiger partial charge is 0.359 e. The number of nitrogens with two attached hydrogens (primary N) is 1. The Kier molecular flexibility index (Phi) is 4.10.